The smallest absolute Gasteiger partial charge is 0.306 e. The van der Waals surface area contributed by atoms with Gasteiger partial charge >= 0.3 is 5.97 Å². The highest BCUT2D eigenvalue weighted by Crippen LogP contribution is 2.30. The van der Waals surface area contributed by atoms with E-state index in [4.69, 9.17) is 13.3 Å². The van der Waals surface area contributed by atoms with Gasteiger partial charge in [-0.05, 0) is 69.3 Å². The molecular weight excluding hydrogens is 528 g/mol. The Morgan fingerprint density at radius 3 is 2.13 bits per heavy atom. The number of aryl methyl sites for hydroxylation is 1. The molecule has 0 bridgehead atoms. The minimum absolute atomic E-state index is 0.0873. The highest BCUT2D eigenvalue weighted by atomic mass is 32.2. The lowest BCUT2D eigenvalue weighted by Gasteiger charge is -2.36. The number of benzene rings is 1. The van der Waals surface area contributed by atoms with Gasteiger partial charge < -0.3 is 9.16 Å². The molecule has 0 saturated heterocycles. The predicted molar refractivity (Wildman–Crippen MR) is 163 cm³/mol. The lowest BCUT2D eigenvalue weighted by molar-refractivity contribution is -0.152. The van der Waals surface area contributed by atoms with Crippen LogP contribution in [0.4, 0.5) is 0 Å². The summed E-state index contributed by atoms with van der Waals surface area (Å²) in [4.78, 5) is 12.9. The molecule has 0 aliphatic rings. The van der Waals surface area contributed by atoms with E-state index in [0.29, 0.717) is 18.8 Å². The first-order valence-corrected chi connectivity index (χ1v) is 18.3. The summed E-state index contributed by atoms with van der Waals surface area (Å²) in [5.41, 5.74) is 2.10. The number of esters is 1. The summed E-state index contributed by atoms with van der Waals surface area (Å²) in [7, 11) is -5.69. The molecule has 222 valence electrons. The van der Waals surface area contributed by atoms with Crippen LogP contribution in [0.25, 0.3) is 0 Å². The van der Waals surface area contributed by atoms with Crippen LogP contribution in [0.1, 0.15) is 79.2 Å². The Labute approximate surface area is 239 Å². The number of rotatable bonds is 20. The molecule has 0 aromatic heterocycles. The number of carbonyl (C=O) groups is 1. The van der Waals surface area contributed by atoms with Gasteiger partial charge in [-0.3, -0.25) is 8.98 Å². The molecule has 0 spiro atoms. The monoisotopic (exact) mass is 580 g/mol. The number of hydrogen-bond donors (Lipinski definition) is 0. The first kappa shape index (κ1) is 35.3. The molecule has 4 atom stereocenters. The molecular formula is C31H52O6SSi. The molecule has 0 aliphatic heterocycles. The molecule has 0 radical (unpaired) electrons. The fourth-order valence-corrected chi connectivity index (χ4v) is 8.77. The largest absolute Gasteiger partial charge is 0.462 e. The fraction of sp³-hybridized carbons (Fsp3) is 0.645. The van der Waals surface area contributed by atoms with Gasteiger partial charge in [0.25, 0.3) is 10.1 Å². The predicted octanol–water partition coefficient (Wildman–Crippen LogP) is 7.99. The van der Waals surface area contributed by atoms with Gasteiger partial charge in [-0.2, -0.15) is 8.42 Å². The maximum atomic E-state index is 12.8. The van der Waals surface area contributed by atoms with E-state index in [2.05, 4.69) is 40.9 Å². The van der Waals surface area contributed by atoms with E-state index >= 15 is 0 Å². The van der Waals surface area contributed by atoms with Crippen LogP contribution in [0.2, 0.25) is 18.1 Å². The van der Waals surface area contributed by atoms with Crippen molar-refractivity contribution in [2.24, 2.45) is 11.8 Å². The molecule has 1 aromatic carbocycles. The summed E-state index contributed by atoms with van der Waals surface area (Å²) in [5.74, 6) is -0.299. The Morgan fingerprint density at radius 1 is 1.03 bits per heavy atom. The van der Waals surface area contributed by atoms with Gasteiger partial charge in [0.05, 0.1) is 11.5 Å². The summed E-state index contributed by atoms with van der Waals surface area (Å²) < 4.78 is 43.1. The molecule has 6 nitrogen and oxygen atoms in total. The molecule has 1 aromatic rings. The Morgan fingerprint density at radius 2 is 1.62 bits per heavy atom. The quantitative estimate of drug-likeness (QED) is 0.0673. The van der Waals surface area contributed by atoms with E-state index in [1.54, 1.807) is 18.2 Å². The number of ether oxygens (including phenoxy) is 1. The molecule has 0 saturated carbocycles. The summed E-state index contributed by atoms with van der Waals surface area (Å²) in [6.07, 6.45) is 4.30. The van der Waals surface area contributed by atoms with Gasteiger partial charge in [-0.1, -0.05) is 64.0 Å². The third kappa shape index (κ3) is 12.1. The topological polar surface area (TPSA) is 78.9 Å². The highest BCUT2D eigenvalue weighted by molar-refractivity contribution is 7.86. The van der Waals surface area contributed by atoms with Crippen molar-refractivity contribution < 1.29 is 26.6 Å². The Kier molecular flexibility index (Phi) is 15.5. The van der Waals surface area contributed by atoms with Gasteiger partial charge in [0.15, 0.2) is 8.32 Å². The second-order valence-corrected chi connectivity index (χ2v) is 17.4. The van der Waals surface area contributed by atoms with Crippen molar-refractivity contribution in [2.75, 3.05) is 6.61 Å². The number of hydrogen-bond acceptors (Lipinski definition) is 6. The minimum Gasteiger partial charge on any atom is -0.462 e. The van der Waals surface area contributed by atoms with Crippen molar-refractivity contribution >= 4 is 24.4 Å². The third-order valence-corrected chi connectivity index (χ3v) is 13.6. The number of allylic oxidation sites excluding steroid dienone is 1. The third-order valence-electron chi connectivity index (χ3n) is 7.62. The molecule has 0 amide bonds. The van der Waals surface area contributed by atoms with Gasteiger partial charge in [0, 0.05) is 24.9 Å². The Balaban J connectivity index is 2.75. The van der Waals surface area contributed by atoms with E-state index in [-0.39, 0.29) is 35.9 Å². The van der Waals surface area contributed by atoms with E-state index in [9.17, 15) is 13.2 Å². The van der Waals surface area contributed by atoms with Crippen molar-refractivity contribution in [2.45, 2.75) is 116 Å². The second kappa shape index (κ2) is 17.2. The highest BCUT2D eigenvalue weighted by Gasteiger charge is 2.34. The maximum absolute atomic E-state index is 12.8. The summed E-state index contributed by atoms with van der Waals surface area (Å²) in [6, 6.07) is 9.76. The van der Waals surface area contributed by atoms with Crippen molar-refractivity contribution in [1.29, 1.82) is 0 Å². The normalized spacial score (nSPS) is 15.3. The van der Waals surface area contributed by atoms with Gasteiger partial charge in [-0.15, -0.1) is 13.2 Å². The van der Waals surface area contributed by atoms with Crippen molar-refractivity contribution in [1.82, 2.24) is 0 Å². The lowest BCUT2D eigenvalue weighted by Crippen LogP contribution is -2.42. The fourth-order valence-electron chi connectivity index (χ4n) is 4.78. The van der Waals surface area contributed by atoms with Crippen LogP contribution in [0.5, 0.6) is 0 Å². The van der Waals surface area contributed by atoms with Crippen LogP contribution in [-0.4, -0.2) is 41.5 Å². The van der Waals surface area contributed by atoms with E-state index < -0.39 is 24.5 Å². The number of carbonyl (C=O) groups excluding carboxylic acids is 1. The zero-order valence-corrected chi connectivity index (χ0v) is 27.1. The molecule has 0 unspecified atom stereocenters. The summed E-state index contributed by atoms with van der Waals surface area (Å²) >= 11 is 0. The maximum Gasteiger partial charge on any atom is 0.306 e. The average Bonchev–Trinajstić information content (AvgIpc) is 2.89. The second-order valence-electron chi connectivity index (χ2n) is 11.0. The summed E-state index contributed by atoms with van der Waals surface area (Å²) in [6.45, 7) is 22.4. The molecule has 8 heteroatoms. The van der Waals surface area contributed by atoms with Crippen molar-refractivity contribution in [3.63, 3.8) is 0 Å². The van der Waals surface area contributed by atoms with Crippen LogP contribution in [0.15, 0.2) is 54.0 Å². The molecule has 39 heavy (non-hydrogen) atoms. The SMILES string of the molecule is C=CC[C@@H](OC(=O)CCC[C@H](O[Si](CC)(CC)CC)[C@@H](C)CC(=C)C)[C@@H](C)COS(=O)(=O)c1ccc(C)cc1. The van der Waals surface area contributed by atoms with Gasteiger partial charge in [0.1, 0.15) is 6.10 Å². The van der Waals surface area contributed by atoms with E-state index in [0.717, 1.165) is 42.1 Å². The standard InChI is InChI=1S/C31H52O6SSi/c1-10-15-29(27(9)23-35-38(33,34)28-20-18-25(7)19-21-28)36-31(32)17-14-16-30(26(8)22-24(5)6)37-39(11-2,12-3)13-4/h10,18-21,26-27,29-30H,1,5,11-17,22-23H2,2-4,6-9H3/t26-,27-,29+,30-/m0/s1. The summed E-state index contributed by atoms with van der Waals surface area (Å²) in [5, 5.41) is 0. The molecule has 1 rings (SSSR count). The van der Waals surface area contributed by atoms with Gasteiger partial charge in [0.2, 0.25) is 0 Å². The van der Waals surface area contributed by atoms with Crippen LogP contribution in [0, 0.1) is 18.8 Å². The zero-order chi connectivity index (χ0) is 29.6. The van der Waals surface area contributed by atoms with Crippen LogP contribution >= 0.6 is 0 Å². The Bertz CT molecular complexity index is 992. The van der Waals surface area contributed by atoms with Crippen LogP contribution in [0.3, 0.4) is 0 Å². The van der Waals surface area contributed by atoms with E-state index in [1.165, 1.54) is 12.1 Å². The van der Waals surface area contributed by atoms with Crippen LogP contribution in [-0.2, 0) is 28.3 Å². The first-order chi connectivity index (χ1) is 18.3. The first-order valence-electron chi connectivity index (χ1n) is 14.4. The zero-order valence-electron chi connectivity index (χ0n) is 25.3. The van der Waals surface area contributed by atoms with Crippen molar-refractivity contribution in [3.05, 3.63) is 54.6 Å². The average molecular weight is 581 g/mol. The lowest BCUT2D eigenvalue weighted by atomic mass is 9.94. The minimum atomic E-state index is -3.89. The molecule has 0 fully saturated rings. The van der Waals surface area contributed by atoms with Crippen LogP contribution < -0.4 is 0 Å². The molecule has 0 heterocycles. The van der Waals surface area contributed by atoms with E-state index in [1.807, 2.05) is 20.8 Å². The molecule has 0 aliphatic carbocycles. The Hall–Kier alpha value is -1.74. The van der Waals surface area contributed by atoms with Gasteiger partial charge in [-0.25, -0.2) is 0 Å². The van der Waals surface area contributed by atoms with Crippen molar-refractivity contribution in [3.8, 4) is 0 Å². The molecule has 0 N–H and O–H groups in total.